The van der Waals surface area contributed by atoms with Crippen LogP contribution in [-0.2, 0) is 9.59 Å². The third-order valence-electron chi connectivity index (χ3n) is 3.45. The van der Waals surface area contributed by atoms with Crippen LogP contribution in [-0.4, -0.2) is 33.7 Å². The van der Waals surface area contributed by atoms with E-state index in [2.05, 4.69) is 10.7 Å². The third kappa shape index (κ3) is 2.91. The smallest absolute Gasteiger partial charge is 0.303 e. The average Bonchev–Trinajstić information content (AvgIpc) is 2.62. The largest absolute Gasteiger partial charge is 0.481 e. The van der Waals surface area contributed by atoms with Crippen LogP contribution >= 0.6 is 0 Å². The molecular weight excluding hydrogens is 258 g/mol. The van der Waals surface area contributed by atoms with Crippen LogP contribution in [0.1, 0.15) is 26.7 Å². The minimum Gasteiger partial charge on any atom is -0.481 e. The summed E-state index contributed by atoms with van der Waals surface area (Å²) in [6.45, 7) is 3.60. The van der Waals surface area contributed by atoms with Crippen molar-refractivity contribution >= 4 is 17.6 Å². The lowest BCUT2D eigenvalue weighted by molar-refractivity contribution is -0.138. The molecule has 0 bridgehead atoms. The molecule has 108 valence electrons. The number of carboxylic acids is 1. The molecule has 0 radical (unpaired) electrons. The summed E-state index contributed by atoms with van der Waals surface area (Å²) in [7, 11) is 0. The fraction of sp³-hybridized carbons (Fsp3) is 0.429. The van der Waals surface area contributed by atoms with Crippen LogP contribution in [0, 0.1) is 0 Å². The highest BCUT2D eigenvalue weighted by Crippen LogP contribution is 2.27. The molecule has 2 rings (SSSR count). The van der Waals surface area contributed by atoms with E-state index in [1.807, 2.05) is 37.3 Å². The second-order valence-corrected chi connectivity index (χ2v) is 5.19. The molecular formula is C14H19N3O3. The number of carbonyl (C=O) groups is 2. The van der Waals surface area contributed by atoms with Crippen molar-refractivity contribution in [1.29, 1.82) is 0 Å². The standard InChI is InChI=1S/C14H19N3O3/c1-10-13(20)17(16-11-6-4-3-5-7-11)14(2,15-10)9-8-12(18)19/h3-7,10,15-16H,8-9H2,1-2H3,(H,18,19)/t10-,14?/m0/s1. The molecule has 1 aliphatic rings. The predicted octanol–water partition coefficient (Wildman–Crippen LogP) is 1.41. The van der Waals surface area contributed by atoms with Gasteiger partial charge >= 0.3 is 5.97 Å². The topological polar surface area (TPSA) is 81.7 Å². The highest BCUT2D eigenvalue weighted by Gasteiger charge is 2.45. The molecule has 1 aromatic carbocycles. The highest BCUT2D eigenvalue weighted by molar-refractivity contribution is 5.86. The Kier molecular flexibility index (Phi) is 3.94. The lowest BCUT2D eigenvalue weighted by Crippen LogP contribution is -2.52. The van der Waals surface area contributed by atoms with Crippen molar-refractivity contribution in [3.05, 3.63) is 30.3 Å². The number of aliphatic carboxylic acids is 1. The van der Waals surface area contributed by atoms with E-state index in [9.17, 15) is 9.59 Å². The Morgan fingerprint density at radius 3 is 2.70 bits per heavy atom. The molecule has 1 amide bonds. The van der Waals surface area contributed by atoms with Crippen LogP contribution < -0.4 is 10.7 Å². The van der Waals surface area contributed by atoms with Crippen molar-refractivity contribution in [2.45, 2.75) is 38.4 Å². The summed E-state index contributed by atoms with van der Waals surface area (Å²) < 4.78 is 0. The summed E-state index contributed by atoms with van der Waals surface area (Å²) >= 11 is 0. The molecule has 0 spiro atoms. The maximum absolute atomic E-state index is 12.2. The van der Waals surface area contributed by atoms with E-state index in [1.165, 1.54) is 5.01 Å². The molecule has 1 aliphatic heterocycles. The van der Waals surface area contributed by atoms with E-state index in [4.69, 9.17) is 5.11 Å². The molecule has 3 N–H and O–H groups in total. The number of nitrogens with one attached hydrogen (secondary N) is 2. The fourth-order valence-electron chi connectivity index (χ4n) is 2.38. The van der Waals surface area contributed by atoms with Gasteiger partial charge in [0.15, 0.2) is 0 Å². The van der Waals surface area contributed by atoms with Gasteiger partial charge in [-0.15, -0.1) is 0 Å². The van der Waals surface area contributed by atoms with E-state index >= 15 is 0 Å². The zero-order valence-electron chi connectivity index (χ0n) is 11.6. The zero-order valence-corrected chi connectivity index (χ0v) is 11.6. The molecule has 20 heavy (non-hydrogen) atoms. The van der Waals surface area contributed by atoms with Crippen LogP contribution in [0.15, 0.2) is 30.3 Å². The first-order valence-electron chi connectivity index (χ1n) is 6.58. The number of benzene rings is 1. The number of rotatable bonds is 5. The SMILES string of the molecule is C[C@@H]1NC(C)(CCC(=O)O)N(Nc2ccccc2)C1=O. The fourth-order valence-corrected chi connectivity index (χ4v) is 2.38. The summed E-state index contributed by atoms with van der Waals surface area (Å²) in [5, 5.41) is 13.5. The maximum atomic E-state index is 12.2. The van der Waals surface area contributed by atoms with Gasteiger partial charge in [0.05, 0.1) is 11.7 Å². The Labute approximate surface area is 117 Å². The average molecular weight is 277 g/mol. The summed E-state index contributed by atoms with van der Waals surface area (Å²) in [5.41, 5.74) is 3.14. The quantitative estimate of drug-likeness (QED) is 0.758. The molecule has 0 aliphatic carbocycles. The predicted molar refractivity (Wildman–Crippen MR) is 74.8 cm³/mol. The number of anilines is 1. The molecule has 1 heterocycles. The minimum atomic E-state index is -0.875. The van der Waals surface area contributed by atoms with Crippen LogP contribution in [0.3, 0.4) is 0 Å². The summed E-state index contributed by atoms with van der Waals surface area (Å²) in [6.07, 6.45) is 0.328. The minimum absolute atomic E-state index is 0.00350. The van der Waals surface area contributed by atoms with Crippen molar-refractivity contribution in [3.63, 3.8) is 0 Å². The molecule has 0 saturated carbocycles. The molecule has 1 unspecified atom stereocenters. The van der Waals surface area contributed by atoms with Crippen LogP contribution in [0.4, 0.5) is 5.69 Å². The number of carbonyl (C=O) groups excluding carboxylic acids is 1. The van der Waals surface area contributed by atoms with Gasteiger partial charge in [0.2, 0.25) is 0 Å². The van der Waals surface area contributed by atoms with Crippen molar-refractivity contribution in [3.8, 4) is 0 Å². The molecule has 1 fully saturated rings. The zero-order chi connectivity index (χ0) is 14.8. The molecule has 6 heteroatoms. The number of hydrogen-bond donors (Lipinski definition) is 3. The summed E-state index contributed by atoms with van der Waals surface area (Å²) in [5.74, 6) is -0.971. The Balaban J connectivity index is 2.17. The summed E-state index contributed by atoms with van der Waals surface area (Å²) in [6, 6.07) is 9.00. The van der Waals surface area contributed by atoms with Gasteiger partial charge in [0.1, 0.15) is 5.66 Å². The molecule has 1 saturated heterocycles. The monoisotopic (exact) mass is 277 g/mol. The first-order chi connectivity index (χ1) is 9.42. The van der Waals surface area contributed by atoms with Gasteiger partial charge in [0, 0.05) is 6.42 Å². The molecule has 6 nitrogen and oxygen atoms in total. The number of carboxylic acid groups (broad SMARTS) is 1. The Morgan fingerprint density at radius 1 is 1.45 bits per heavy atom. The van der Waals surface area contributed by atoms with Crippen LogP contribution in [0.25, 0.3) is 0 Å². The first kappa shape index (κ1) is 14.3. The summed E-state index contributed by atoms with van der Waals surface area (Å²) in [4.78, 5) is 23.0. The number of nitrogens with zero attached hydrogens (tertiary/aromatic N) is 1. The second-order valence-electron chi connectivity index (χ2n) is 5.19. The van der Waals surface area contributed by atoms with Crippen LogP contribution in [0.5, 0.6) is 0 Å². The molecule has 1 aromatic rings. The Bertz CT molecular complexity index is 506. The van der Waals surface area contributed by atoms with E-state index in [1.54, 1.807) is 6.92 Å². The highest BCUT2D eigenvalue weighted by atomic mass is 16.4. The van der Waals surface area contributed by atoms with Gasteiger partial charge in [-0.2, -0.15) is 0 Å². The normalized spacial score (nSPS) is 25.8. The third-order valence-corrected chi connectivity index (χ3v) is 3.45. The lowest BCUT2D eigenvalue weighted by atomic mass is 10.1. The number of amides is 1. The first-order valence-corrected chi connectivity index (χ1v) is 6.58. The van der Waals surface area contributed by atoms with E-state index < -0.39 is 11.6 Å². The van der Waals surface area contributed by atoms with Crippen LogP contribution in [0.2, 0.25) is 0 Å². The van der Waals surface area contributed by atoms with Crippen molar-refractivity contribution in [2.75, 3.05) is 5.43 Å². The van der Waals surface area contributed by atoms with Gasteiger partial charge < -0.3 is 5.11 Å². The number of hydrogen-bond acceptors (Lipinski definition) is 4. The Hall–Kier alpha value is -2.08. The van der Waals surface area contributed by atoms with E-state index in [0.717, 1.165) is 5.69 Å². The van der Waals surface area contributed by atoms with Crippen molar-refractivity contribution < 1.29 is 14.7 Å². The molecule has 2 atom stereocenters. The van der Waals surface area contributed by atoms with Gasteiger partial charge in [-0.05, 0) is 32.4 Å². The molecule has 0 aromatic heterocycles. The van der Waals surface area contributed by atoms with Gasteiger partial charge in [-0.1, -0.05) is 18.2 Å². The van der Waals surface area contributed by atoms with Gasteiger partial charge in [-0.3, -0.25) is 20.3 Å². The van der Waals surface area contributed by atoms with E-state index in [0.29, 0.717) is 6.42 Å². The van der Waals surface area contributed by atoms with Gasteiger partial charge in [-0.25, -0.2) is 5.01 Å². The van der Waals surface area contributed by atoms with Crippen molar-refractivity contribution in [2.24, 2.45) is 0 Å². The number of hydrazine groups is 1. The Morgan fingerprint density at radius 2 is 2.10 bits per heavy atom. The maximum Gasteiger partial charge on any atom is 0.303 e. The van der Waals surface area contributed by atoms with Gasteiger partial charge in [0.25, 0.3) is 5.91 Å². The second kappa shape index (κ2) is 5.50. The number of para-hydroxylation sites is 1. The van der Waals surface area contributed by atoms with E-state index in [-0.39, 0.29) is 18.4 Å². The van der Waals surface area contributed by atoms with Crippen molar-refractivity contribution in [1.82, 2.24) is 10.3 Å². The lowest BCUT2D eigenvalue weighted by Gasteiger charge is -2.35.